The Bertz CT molecular complexity index is 2900. The van der Waals surface area contributed by atoms with Gasteiger partial charge in [0.2, 0.25) is 0 Å². The van der Waals surface area contributed by atoms with Crippen LogP contribution in [0.25, 0.3) is 11.4 Å². The van der Waals surface area contributed by atoms with Crippen LogP contribution in [0.5, 0.6) is 0 Å². The number of hydrogen-bond acceptors (Lipinski definition) is 7. The van der Waals surface area contributed by atoms with Crippen LogP contribution in [0.3, 0.4) is 0 Å². The fourth-order valence-electron chi connectivity index (χ4n) is 8.12. The molecule has 14 heteroatoms. The van der Waals surface area contributed by atoms with Crippen molar-refractivity contribution >= 4 is 88.1 Å². The molecule has 1 aromatic heterocycles. The van der Waals surface area contributed by atoms with Gasteiger partial charge in [-0.2, -0.15) is 0 Å². The van der Waals surface area contributed by atoms with E-state index in [0.717, 1.165) is 17.7 Å². The maximum Gasteiger partial charge on any atom is -0.0134 e. The third-order valence-electron chi connectivity index (χ3n) is 12.0. The largest absolute Gasteiger partial charge is 0.0622 e. The van der Waals surface area contributed by atoms with Gasteiger partial charge < -0.3 is 15.4 Å². The predicted octanol–water partition coefficient (Wildman–Crippen LogP) is 12.1. The molecule has 1 aliphatic rings. The first-order chi connectivity index (χ1) is 35.9. The van der Waals surface area contributed by atoms with Gasteiger partial charge in [-0.25, -0.2) is 22.8 Å². The molecule has 1 atom stereocenters. The Balaban J connectivity index is 0.000000167. The molecule has 8 aromatic carbocycles. The molecule has 10 rings (SSSR count). The number of nitrogen functional groups attached to an aromatic ring is 1. The molecule has 9 aromatic rings. The summed E-state index contributed by atoms with van der Waals surface area (Å²) in [5.41, 5.74) is 7.51. The fourth-order valence-corrected chi connectivity index (χ4v) is 14.2. The number of nitrogens with two attached hydrogens (primary N) is 1. The van der Waals surface area contributed by atoms with Gasteiger partial charge >= 0.3 is 35.0 Å². The summed E-state index contributed by atoms with van der Waals surface area (Å²) < 4.78 is 44.7. The second kappa shape index (κ2) is 27.8. The minimum atomic E-state index is -3.90. The summed E-state index contributed by atoms with van der Waals surface area (Å²) in [5, 5.41) is 8.39. The SMILES string of the molecule is C[C@H]1COCCN1c1cc(C(C)(C)S(=O)(=O)c2ccc(F)cc2)nc(-c2ccc(N)cc2)n1.[Cl][Pd][Cl].c1ccc(P(c2ccccc2)c2ccccc2)cc1.c1ccc(P(c2ccccc2)c2ccccc2)cc1. The zero-order valence-electron chi connectivity index (χ0n) is 41.1. The number of rotatable bonds is 11. The van der Waals surface area contributed by atoms with Crippen LogP contribution in [0.1, 0.15) is 26.5 Å². The molecule has 1 aliphatic heterocycles. The quantitative estimate of drug-likeness (QED) is 0.0596. The molecule has 0 bridgehead atoms. The van der Waals surface area contributed by atoms with Crippen LogP contribution in [-0.2, 0) is 35.3 Å². The van der Waals surface area contributed by atoms with E-state index in [2.05, 4.69) is 192 Å². The predicted molar refractivity (Wildman–Crippen MR) is 308 cm³/mol. The van der Waals surface area contributed by atoms with Gasteiger partial charge in [0.25, 0.3) is 0 Å². The van der Waals surface area contributed by atoms with Crippen LogP contribution in [0.2, 0.25) is 0 Å². The molecule has 2 heterocycles. The van der Waals surface area contributed by atoms with Crippen molar-refractivity contribution < 1.29 is 33.5 Å². The Morgan fingerprint density at radius 1 is 0.595 bits per heavy atom. The van der Waals surface area contributed by atoms with Gasteiger partial charge in [-0.05, 0) is 117 Å². The van der Waals surface area contributed by atoms with Gasteiger partial charge in [0, 0.05) is 23.9 Å². The van der Waals surface area contributed by atoms with E-state index < -0.39 is 36.2 Å². The third kappa shape index (κ3) is 14.8. The number of aromatic nitrogens is 2. The molecule has 382 valence electrons. The van der Waals surface area contributed by atoms with Crippen molar-refractivity contribution in [3.8, 4) is 11.4 Å². The maximum absolute atomic E-state index is 13.6. The molecule has 0 aliphatic carbocycles. The normalized spacial score (nSPS) is 13.4. The Hall–Kier alpha value is -5.62. The second-order valence-electron chi connectivity index (χ2n) is 17.4. The molecule has 0 unspecified atom stereocenters. The van der Waals surface area contributed by atoms with Crippen LogP contribution >= 0.6 is 34.9 Å². The van der Waals surface area contributed by atoms with Gasteiger partial charge in [0.05, 0.1) is 29.8 Å². The Labute approximate surface area is 454 Å². The first-order valence-electron chi connectivity index (χ1n) is 23.7. The van der Waals surface area contributed by atoms with Gasteiger partial charge in [0.15, 0.2) is 15.7 Å². The van der Waals surface area contributed by atoms with E-state index in [1.54, 1.807) is 32.0 Å². The molecule has 0 amide bonds. The molecular formula is C60H57Cl2FN4O3P2PdS. The first kappa shape index (κ1) is 56.1. The van der Waals surface area contributed by atoms with Crippen molar-refractivity contribution in [1.82, 2.24) is 9.97 Å². The van der Waals surface area contributed by atoms with Gasteiger partial charge in [0.1, 0.15) is 16.4 Å². The summed E-state index contributed by atoms with van der Waals surface area (Å²) in [5.74, 6) is 0.539. The van der Waals surface area contributed by atoms with Crippen molar-refractivity contribution in [3.05, 3.63) is 248 Å². The van der Waals surface area contributed by atoms with Crippen LogP contribution < -0.4 is 42.5 Å². The van der Waals surface area contributed by atoms with Gasteiger partial charge in [-0.15, -0.1) is 0 Å². The van der Waals surface area contributed by atoms with Crippen LogP contribution in [0.15, 0.2) is 241 Å². The minimum absolute atomic E-state index is 0.0304. The summed E-state index contributed by atoms with van der Waals surface area (Å²) in [6.45, 7) is 6.97. The van der Waals surface area contributed by atoms with E-state index in [1.807, 2.05) is 19.1 Å². The first-order valence-corrected chi connectivity index (χ1v) is 31.9. The molecule has 1 saturated heterocycles. The average molecular weight is 1170 g/mol. The van der Waals surface area contributed by atoms with Crippen molar-refractivity contribution in [3.63, 3.8) is 0 Å². The number of morpholine rings is 1. The molecule has 0 saturated carbocycles. The monoisotopic (exact) mass is 1170 g/mol. The number of benzene rings is 8. The standard InChI is InChI=1S/C24H27FN4O3S.2C18H15P.2ClH.Pd/c1-16-15-32-13-12-29(16)22-14-21(27-23(28-22)17-4-8-19(26)9-5-17)24(2,3)33(30,31)20-10-6-18(25)7-11-20;2*1-4-10-16(11-5-1)19(17-12-6-2-7-13-17)18-14-8-3-9-15-18;;;/h4-11,14,16H,12-13,15,26H2,1-3H3;2*1-15H;2*1H;/q;;;;;+2/p-2/t16-;;;;;/m0...../s1. The number of nitrogens with zero attached hydrogens (tertiary/aromatic N) is 3. The Morgan fingerprint density at radius 3 is 1.31 bits per heavy atom. The fraction of sp³-hybridized carbons (Fsp3) is 0.133. The van der Waals surface area contributed by atoms with E-state index in [1.165, 1.54) is 44.0 Å². The van der Waals surface area contributed by atoms with Crippen LogP contribution in [0.4, 0.5) is 15.9 Å². The zero-order chi connectivity index (χ0) is 52.3. The summed E-state index contributed by atoms with van der Waals surface area (Å²) in [4.78, 5) is 11.6. The number of sulfone groups is 1. The number of halogens is 3. The zero-order valence-corrected chi connectivity index (χ0v) is 46.8. The summed E-state index contributed by atoms with van der Waals surface area (Å²) in [7, 11) is 4.84. The van der Waals surface area contributed by atoms with Crippen LogP contribution in [-0.4, -0.2) is 44.2 Å². The Morgan fingerprint density at radius 2 is 0.959 bits per heavy atom. The van der Waals surface area contributed by atoms with E-state index in [-0.39, 0.29) is 26.9 Å². The minimum Gasteiger partial charge on any atom is -0.0622 e. The molecule has 74 heavy (non-hydrogen) atoms. The maximum atomic E-state index is 13.6. The van der Waals surface area contributed by atoms with E-state index >= 15 is 0 Å². The molecule has 7 nitrogen and oxygen atoms in total. The molecule has 2 N–H and O–H groups in total. The van der Waals surface area contributed by atoms with Crippen molar-refractivity contribution in [2.45, 2.75) is 36.5 Å². The molecule has 0 spiro atoms. The smallest absolute Gasteiger partial charge is 0.0134 e. The van der Waals surface area contributed by atoms with Gasteiger partial charge in [-0.3, -0.25) is 0 Å². The van der Waals surface area contributed by atoms with Crippen molar-refractivity contribution in [1.29, 1.82) is 0 Å². The van der Waals surface area contributed by atoms with E-state index in [0.29, 0.717) is 42.8 Å². The number of hydrogen-bond donors (Lipinski definition) is 1. The van der Waals surface area contributed by atoms with E-state index in [4.69, 9.17) is 34.5 Å². The summed E-state index contributed by atoms with van der Waals surface area (Å²) in [6, 6.07) is 78.4. The second-order valence-corrected chi connectivity index (χ2v) is 26.7. The summed E-state index contributed by atoms with van der Waals surface area (Å²) >= 11 is -0.106. The topological polar surface area (TPSA) is 98.4 Å². The average Bonchev–Trinajstić information content (AvgIpc) is 3.44. The summed E-state index contributed by atoms with van der Waals surface area (Å²) in [6.07, 6.45) is 0. The number of ether oxygens (including phenoxy) is 1. The third-order valence-corrected chi connectivity index (χ3v) is 19.4. The molecular weight excluding hydrogens is 1120 g/mol. The van der Waals surface area contributed by atoms with Crippen molar-refractivity contribution in [2.75, 3.05) is 30.4 Å². The van der Waals surface area contributed by atoms with Gasteiger partial charge in [-0.1, -0.05) is 182 Å². The van der Waals surface area contributed by atoms with Crippen LogP contribution in [0, 0.1) is 5.82 Å². The molecule has 0 radical (unpaired) electrons. The van der Waals surface area contributed by atoms with Crippen molar-refractivity contribution in [2.24, 2.45) is 0 Å². The van der Waals surface area contributed by atoms with E-state index in [9.17, 15) is 12.8 Å². The number of anilines is 2. The molecule has 1 fully saturated rings. The Kier molecular flexibility index (Phi) is 21.1.